The summed E-state index contributed by atoms with van der Waals surface area (Å²) in [6, 6.07) is 0. The second-order valence-corrected chi connectivity index (χ2v) is 39.1. The first-order valence-corrected chi connectivity index (χ1v) is 27.7. The van der Waals surface area contributed by atoms with Crippen LogP contribution in [0.1, 0.15) is 160 Å². The van der Waals surface area contributed by atoms with Gasteiger partial charge in [-0.2, -0.15) is 0 Å². The van der Waals surface area contributed by atoms with Gasteiger partial charge in [-0.15, -0.1) is 0 Å². The average molecular weight is 680 g/mol. The molecule has 0 rings (SSSR count). The molecule has 0 aliphatic heterocycles. The molecule has 0 aromatic rings. The van der Waals surface area contributed by atoms with E-state index in [1.165, 1.54) is 77.0 Å². The monoisotopic (exact) mass is 682 g/mol. The average Bonchev–Trinajstić information content (AvgIpc) is 2.83. The minimum absolute atomic E-state index is 0.892. The van der Waals surface area contributed by atoms with Crippen LogP contribution in [0.3, 0.4) is 0 Å². The van der Waals surface area contributed by atoms with Crippen molar-refractivity contribution in [1.29, 1.82) is 0 Å². The molecular formula is C30H66OSn2. The van der Waals surface area contributed by atoms with E-state index in [4.69, 9.17) is 1.41 Å². The fourth-order valence-electron chi connectivity index (χ4n) is 8.37. The number of rotatable bonds is 20. The Hall–Kier alpha value is 1.56. The Labute approximate surface area is 221 Å². The van der Waals surface area contributed by atoms with E-state index < -0.39 is 37.6 Å². The van der Waals surface area contributed by atoms with E-state index in [1.54, 1.807) is 0 Å². The van der Waals surface area contributed by atoms with Crippen LogP contribution in [0.2, 0.25) is 23.6 Å². The van der Waals surface area contributed by atoms with Crippen molar-refractivity contribution in [2.24, 2.45) is 0 Å². The van der Waals surface area contributed by atoms with Crippen LogP contribution in [-0.4, -0.2) is 37.6 Å². The van der Waals surface area contributed by atoms with Gasteiger partial charge in [0.25, 0.3) is 0 Å². The van der Waals surface area contributed by atoms with Gasteiger partial charge in [0.2, 0.25) is 0 Å². The molecule has 0 unspecified atom stereocenters. The summed E-state index contributed by atoms with van der Waals surface area (Å²) in [5, 5.41) is 0. The fourth-order valence-corrected chi connectivity index (χ4v) is 77.1. The Balaban J connectivity index is 7.54. The maximum atomic E-state index is 8.71. The van der Waals surface area contributed by atoms with Crippen LogP contribution in [0.25, 0.3) is 0 Å². The summed E-state index contributed by atoms with van der Waals surface area (Å²) in [4.78, 5) is 0. The topological polar surface area (TPSA) is 9.23 Å². The first-order chi connectivity index (χ1) is 15.8. The second kappa shape index (κ2) is 17.9. The second-order valence-electron chi connectivity index (χ2n) is 10.9. The van der Waals surface area contributed by atoms with Crippen molar-refractivity contribution in [3.63, 3.8) is 0 Å². The molecule has 0 aromatic heterocycles. The summed E-state index contributed by atoms with van der Waals surface area (Å²) in [6.45, 7) is 30.1. The normalized spacial score (nSPS) is 13.6. The van der Waals surface area contributed by atoms with Crippen molar-refractivity contribution in [1.82, 2.24) is 0 Å². The Bertz CT molecular complexity index is 351. The third-order valence-electron chi connectivity index (χ3n) is 10.1. The zero-order valence-corrected chi connectivity index (χ0v) is 31.1. The maximum absolute atomic E-state index is 8.71. The van der Waals surface area contributed by atoms with E-state index >= 15 is 0 Å². The van der Waals surface area contributed by atoms with Crippen molar-refractivity contribution >= 4 is 37.6 Å². The van der Waals surface area contributed by atoms with E-state index in [9.17, 15) is 0 Å². The van der Waals surface area contributed by atoms with Crippen LogP contribution >= 0.6 is 0 Å². The van der Waals surface area contributed by atoms with E-state index in [-0.39, 0.29) is 0 Å². The molecule has 0 saturated heterocycles. The molecule has 0 radical (unpaired) electrons. The Morgan fingerprint density at radius 2 is 0.424 bits per heavy atom. The molecule has 0 saturated carbocycles. The molecule has 0 aromatic carbocycles. The summed E-state index contributed by atoms with van der Waals surface area (Å²) in [5.41, 5.74) is 0. The Morgan fingerprint density at radius 1 is 0.303 bits per heavy atom. The van der Waals surface area contributed by atoms with Crippen LogP contribution in [0, 0.1) is 0 Å². The van der Waals surface area contributed by atoms with E-state index in [0.717, 1.165) is 23.6 Å². The summed E-state index contributed by atoms with van der Waals surface area (Å²) >= 11 is -6.16. The first kappa shape index (κ1) is 34.6. The molecule has 200 valence electrons. The minimum atomic E-state index is -3.08. The molecule has 0 amide bonds. The Kier molecular flexibility index (Phi) is 18.8. The van der Waals surface area contributed by atoms with Crippen molar-refractivity contribution < 1.29 is 1.41 Å². The van der Waals surface area contributed by atoms with Gasteiger partial charge in [-0.1, -0.05) is 0 Å². The molecule has 0 aliphatic rings. The van der Waals surface area contributed by atoms with Crippen molar-refractivity contribution in [2.75, 3.05) is 0 Å². The summed E-state index contributed by atoms with van der Waals surface area (Å²) < 4.78 is 14.1. The number of hydrogen-bond acceptors (Lipinski definition) is 1. The third kappa shape index (κ3) is 7.32. The molecule has 0 N–H and O–H groups in total. The SMILES string of the molecule is CC[CH](CC)[Sn]([O][Sn]([CH](CC)CC)([CH](CC)CC)[CH](CC)CC)([CH](CC)CC)[CH](CC)CC. The zero-order valence-electron chi connectivity index (χ0n) is 25.4. The van der Waals surface area contributed by atoms with Gasteiger partial charge >= 0.3 is 223 Å². The first-order valence-electron chi connectivity index (χ1n) is 15.5. The molecular weight excluding hydrogens is 614 g/mol. The Morgan fingerprint density at radius 3 is 0.515 bits per heavy atom. The standard InChI is InChI=1S/6C5H11.O.2Sn/c6*1-3-5-4-2;;;/h6*5H,3-4H2,1-2H3;;;. The predicted octanol–water partition coefficient (Wildman–Crippen LogP) is 12.0. The van der Waals surface area contributed by atoms with Crippen molar-refractivity contribution in [3.8, 4) is 0 Å². The molecule has 0 atom stereocenters. The van der Waals surface area contributed by atoms with Gasteiger partial charge in [-0.3, -0.25) is 0 Å². The van der Waals surface area contributed by atoms with Crippen LogP contribution < -0.4 is 0 Å². The van der Waals surface area contributed by atoms with Gasteiger partial charge in [0, 0.05) is 0 Å². The molecule has 0 fully saturated rings. The van der Waals surface area contributed by atoms with Crippen LogP contribution in [-0.2, 0) is 1.41 Å². The van der Waals surface area contributed by atoms with Crippen LogP contribution in [0.4, 0.5) is 0 Å². The molecule has 0 heterocycles. The molecule has 0 spiro atoms. The van der Waals surface area contributed by atoms with E-state index in [1.807, 2.05) is 0 Å². The molecule has 0 aliphatic carbocycles. The van der Waals surface area contributed by atoms with Gasteiger partial charge in [-0.05, 0) is 0 Å². The van der Waals surface area contributed by atoms with Crippen LogP contribution in [0.5, 0.6) is 0 Å². The van der Waals surface area contributed by atoms with Crippen LogP contribution in [0.15, 0.2) is 0 Å². The summed E-state index contributed by atoms with van der Waals surface area (Å²) in [7, 11) is 0. The predicted molar refractivity (Wildman–Crippen MR) is 159 cm³/mol. The van der Waals surface area contributed by atoms with Gasteiger partial charge < -0.3 is 0 Å². The van der Waals surface area contributed by atoms with Gasteiger partial charge in [0.15, 0.2) is 0 Å². The zero-order chi connectivity index (χ0) is 25.7. The van der Waals surface area contributed by atoms with Crippen molar-refractivity contribution in [3.05, 3.63) is 0 Å². The van der Waals surface area contributed by atoms with Crippen molar-refractivity contribution in [2.45, 2.75) is 184 Å². The van der Waals surface area contributed by atoms with Gasteiger partial charge in [-0.25, -0.2) is 0 Å². The quantitative estimate of drug-likeness (QED) is 0.116. The molecule has 0 bridgehead atoms. The summed E-state index contributed by atoms with van der Waals surface area (Å²) in [6.07, 6.45) is 16.3. The van der Waals surface area contributed by atoms with E-state index in [2.05, 4.69) is 83.1 Å². The third-order valence-corrected chi connectivity index (χ3v) is 61.5. The molecule has 33 heavy (non-hydrogen) atoms. The number of hydrogen-bond donors (Lipinski definition) is 0. The van der Waals surface area contributed by atoms with Gasteiger partial charge in [0.05, 0.1) is 0 Å². The molecule has 1 nitrogen and oxygen atoms in total. The molecule has 3 heteroatoms. The fraction of sp³-hybridized carbons (Fsp3) is 1.00. The van der Waals surface area contributed by atoms with Gasteiger partial charge in [0.1, 0.15) is 0 Å². The van der Waals surface area contributed by atoms with E-state index in [0.29, 0.717) is 0 Å². The summed E-state index contributed by atoms with van der Waals surface area (Å²) in [5.74, 6) is 0.